The number of ether oxygens (including phenoxy) is 2. The molecule has 0 amide bonds. The first-order valence-corrected chi connectivity index (χ1v) is 4.16. The van der Waals surface area contributed by atoms with E-state index in [2.05, 4.69) is 20.0 Å². The Morgan fingerprint density at radius 1 is 1.08 bits per heavy atom. The first-order chi connectivity index (χ1) is 5.86. The van der Waals surface area contributed by atoms with Gasteiger partial charge in [0.2, 0.25) is 0 Å². The number of hydrogen-bond donors (Lipinski definition) is 0. The minimum Gasteiger partial charge on any atom is -0.346 e. The minimum absolute atomic E-state index is 0.134. The SMILES string of the molecule is Bc1ccc(C2OCCO2)cc1. The Morgan fingerprint density at radius 3 is 2.25 bits per heavy atom. The molecule has 0 saturated carbocycles. The van der Waals surface area contributed by atoms with Crippen LogP contribution in [-0.4, -0.2) is 21.1 Å². The molecule has 0 unspecified atom stereocenters. The second-order valence-electron chi connectivity index (χ2n) is 2.98. The van der Waals surface area contributed by atoms with E-state index in [0.717, 1.165) is 5.56 Å². The third-order valence-electron chi connectivity index (χ3n) is 1.97. The second kappa shape index (κ2) is 3.29. The molecule has 62 valence electrons. The van der Waals surface area contributed by atoms with Gasteiger partial charge in [-0.15, -0.1) is 0 Å². The summed E-state index contributed by atoms with van der Waals surface area (Å²) < 4.78 is 10.7. The summed E-state index contributed by atoms with van der Waals surface area (Å²) >= 11 is 0. The van der Waals surface area contributed by atoms with Crippen LogP contribution in [0.1, 0.15) is 11.9 Å². The van der Waals surface area contributed by atoms with Gasteiger partial charge in [0.05, 0.1) is 13.2 Å². The molecule has 1 aromatic carbocycles. The molecule has 0 spiro atoms. The van der Waals surface area contributed by atoms with Crippen molar-refractivity contribution >= 4 is 13.3 Å². The van der Waals surface area contributed by atoms with Gasteiger partial charge < -0.3 is 9.47 Å². The van der Waals surface area contributed by atoms with Crippen molar-refractivity contribution in [2.24, 2.45) is 0 Å². The van der Waals surface area contributed by atoms with Gasteiger partial charge in [-0.3, -0.25) is 0 Å². The highest BCUT2D eigenvalue weighted by Crippen LogP contribution is 2.21. The van der Waals surface area contributed by atoms with E-state index in [1.54, 1.807) is 0 Å². The maximum Gasteiger partial charge on any atom is 0.184 e. The van der Waals surface area contributed by atoms with Crippen LogP contribution in [0, 0.1) is 0 Å². The molecule has 1 heterocycles. The molecule has 0 bridgehead atoms. The highest BCUT2D eigenvalue weighted by Gasteiger charge is 2.17. The Morgan fingerprint density at radius 2 is 1.67 bits per heavy atom. The maximum atomic E-state index is 5.36. The molecule has 0 radical (unpaired) electrons. The highest BCUT2D eigenvalue weighted by molar-refractivity contribution is 6.32. The van der Waals surface area contributed by atoms with Crippen molar-refractivity contribution in [1.82, 2.24) is 0 Å². The zero-order chi connectivity index (χ0) is 8.39. The Hall–Kier alpha value is -0.795. The average Bonchev–Trinajstić information content (AvgIpc) is 2.58. The summed E-state index contributed by atoms with van der Waals surface area (Å²) in [6, 6.07) is 8.23. The lowest BCUT2D eigenvalue weighted by atomic mass is 9.95. The molecular weight excluding hydrogens is 151 g/mol. The standard InChI is InChI=1S/C9H11BO2/c10-8-3-1-7(2-4-8)9-11-5-6-12-9/h1-4,9H,5-6,10H2. The van der Waals surface area contributed by atoms with Gasteiger partial charge in [-0.1, -0.05) is 29.7 Å². The summed E-state index contributed by atoms with van der Waals surface area (Å²) in [7, 11) is 2.07. The molecule has 1 saturated heterocycles. The Labute approximate surface area is 72.9 Å². The van der Waals surface area contributed by atoms with Gasteiger partial charge in [0.25, 0.3) is 0 Å². The van der Waals surface area contributed by atoms with Gasteiger partial charge in [-0.2, -0.15) is 0 Å². The summed E-state index contributed by atoms with van der Waals surface area (Å²) in [5, 5.41) is 0. The Balaban J connectivity index is 2.17. The fraction of sp³-hybridized carbons (Fsp3) is 0.333. The molecular formula is C9H11BO2. The van der Waals surface area contributed by atoms with E-state index in [4.69, 9.17) is 9.47 Å². The molecule has 12 heavy (non-hydrogen) atoms. The quantitative estimate of drug-likeness (QED) is 0.540. The summed E-state index contributed by atoms with van der Waals surface area (Å²) in [6.07, 6.45) is -0.134. The van der Waals surface area contributed by atoms with E-state index in [0.29, 0.717) is 13.2 Å². The van der Waals surface area contributed by atoms with Crippen molar-refractivity contribution in [2.45, 2.75) is 6.29 Å². The lowest BCUT2D eigenvalue weighted by molar-refractivity contribution is -0.0440. The first kappa shape index (κ1) is 7.83. The average molecular weight is 162 g/mol. The van der Waals surface area contributed by atoms with Crippen molar-refractivity contribution in [3.8, 4) is 0 Å². The smallest absolute Gasteiger partial charge is 0.184 e. The number of hydrogen-bond acceptors (Lipinski definition) is 2. The van der Waals surface area contributed by atoms with E-state index >= 15 is 0 Å². The van der Waals surface area contributed by atoms with Crippen molar-refractivity contribution < 1.29 is 9.47 Å². The van der Waals surface area contributed by atoms with Gasteiger partial charge >= 0.3 is 0 Å². The zero-order valence-corrected chi connectivity index (χ0v) is 7.12. The Kier molecular flexibility index (Phi) is 2.15. The van der Waals surface area contributed by atoms with E-state index in [-0.39, 0.29) is 6.29 Å². The van der Waals surface area contributed by atoms with Gasteiger partial charge in [0, 0.05) is 5.56 Å². The number of rotatable bonds is 1. The molecule has 0 atom stereocenters. The molecule has 0 aliphatic carbocycles. The maximum absolute atomic E-state index is 5.36. The van der Waals surface area contributed by atoms with Crippen LogP contribution in [0.25, 0.3) is 0 Å². The van der Waals surface area contributed by atoms with Crippen LogP contribution in [0.2, 0.25) is 0 Å². The molecule has 1 fully saturated rings. The first-order valence-electron chi connectivity index (χ1n) is 4.16. The van der Waals surface area contributed by atoms with Crippen molar-refractivity contribution in [3.05, 3.63) is 29.8 Å². The third-order valence-corrected chi connectivity index (χ3v) is 1.97. The summed E-state index contributed by atoms with van der Waals surface area (Å²) in [5.74, 6) is 0. The van der Waals surface area contributed by atoms with Crippen LogP contribution in [0.3, 0.4) is 0 Å². The van der Waals surface area contributed by atoms with E-state index in [9.17, 15) is 0 Å². The summed E-state index contributed by atoms with van der Waals surface area (Å²) in [5.41, 5.74) is 2.37. The highest BCUT2D eigenvalue weighted by atomic mass is 16.7. The van der Waals surface area contributed by atoms with Crippen LogP contribution < -0.4 is 5.46 Å². The molecule has 2 nitrogen and oxygen atoms in total. The Bertz CT molecular complexity index is 252. The van der Waals surface area contributed by atoms with Crippen LogP contribution in [0.5, 0.6) is 0 Å². The lowest BCUT2D eigenvalue weighted by Crippen LogP contribution is -2.04. The van der Waals surface area contributed by atoms with Gasteiger partial charge in [0.1, 0.15) is 7.85 Å². The minimum atomic E-state index is -0.134. The van der Waals surface area contributed by atoms with Gasteiger partial charge in [-0.25, -0.2) is 0 Å². The largest absolute Gasteiger partial charge is 0.346 e. The van der Waals surface area contributed by atoms with Crippen LogP contribution in [-0.2, 0) is 9.47 Å². The summed E-state index contributed by atoms with van der Waals surface area (Å²) in [4.78, 5) is 0. The monoisotopic (exact) mass is 162 g/mol. The molecule has 1 aliphatic heterocycles. The van der Waals surface area contributed by atoms with E-state index in [1.807, 2.05) is 12.1 Å². The number of benzene rings is 1. The summed E-state index contributed by atoms with van der Waals surface area (Å²) in [6.45, 7) is 1.41. The molecule has 1 aliphatic rings. The van der Waals surface area contributed by atoms with Crippen LogP contribution in [0.15, 0.2) is 24.3 Å². The molecule has 0 aromatic heterocycles. The van der Waals surface area contributed by atoms with Gasteiger partial charge in [0.15, 0.2) is 6.29 Å². The molecule has 2 rings (SSSR count). The normalized spacial score (nSPS) is 18.3. The fourth-order valence-electron chi connectivity index (χ4n) is 1.27. The van der Waals surface area contributed by atoms with E-state index in [1.165, 1.54) is 5.46 Å². The van der Waals surface area contributed by atoms with Crippen LogP contribution in [0.4, 0.5) is 0 Å². The van der Waals surface area contributed by atoms with Gasteiger partial charge in [-0.05, 0) is 0 Å². The zero-order valence-electron chi connectivity index (χ0n) is 7.12. The second-order valence-corrected chi connectivity index (χ2v) is 2.98. The van der Waals surface area contributed by atoms with Crippen LogP contribution >= 0.6 is 0 Å². The predicted molar refractivity (Wildman–Crippen MR) is 49.3 cm³/mol. The lowest BCUT2D eigenvalue weighted by Gasteiger charge is -2.08. The third kappa shape index (κ3) is 1.52. The van der Waals surface area contributed by atoms with Crippen molar-refractivity contribution in [2.75, 3.05) is 13.2 Å². The topological polar surface area (TPSA) is 18.5 Å². The van der Waals surface area contributed by atoms with Crippen molar-refractivity contribution in [3.63, 3.8) is 0 Å². The van der Waals surface area contributed by atoms with Crippen molar-refractivity contribution in [1.29, 1.82) is 0 Å². The fourth-order valence-corrected chi connectivity index (χ4v) is 1.27. The molecule has 1 aromatic rings. The van der Waals surface area contributed by atoms with E-state index < -0.39 is 0 Å². The predicted octanol–water partition coefficient (Wildman–Crippen LogP) is -0.00960. The molecule has 3 heteroatoms. The molecule has 0 N–H and O–H groups in total.